The lowest BCUT2D eigenvalue weighted by molar-refractivity contribution is -0.140. The van der Waals surface area contributed by atoms with Crippen molar-refractivity contribution in [2.45, 2.75) is 65.0 Å². The fraction of sp³-hybridized carbons (Fsp3) is 0.619. The summed E-state index contributed by atoms with van der Waals surface area (Å²) in [5, 5.41) is 6.66. The van der Waals surface area contributed by atoms with Crippen molar-refractivity contribution in [2.24, 2.45) is 4.99 Å². The molecule has 0 atom stereocenters. The van der Waals surface area contributed by atoms with Crippen molar-refractivity contribution in [1.82, 2.24) is 10.6 Å². The zero-order chi connectivity index (χ0) is 20.1. The van der Waals surface area contributed by atoms with Gasteiger partial charge in [-0.2, -0.15) is 0 Å². The second-order valence-corrected chi connectivity index (χ2v) is 7.42. The molecule has 0 spiro atoms. The lowest BCUT2D eigenvalue weighted by Crippen LogP contribution is -2.37. The van der Waals surface area contributed by atoms with E-state index in [2.05, 4.69) is 26.4 Å². The van der Waals surface area contributed by atoms with E-state index in [9.17, 15) is 4.79 Å². The molecule has 0 saturated carbocycles. The normalized spacial score (nSPS) is 11.4. The summed E-state index contributed by atoms with van der Waals surface area (Å²) in [4.78, 5) is 15.3. The van der Waals surface area contributed by atoms with E-state index in [1.807, 2.05) is 39.0 Å². The number of nitrogens with zero attached hydrogens (tertiary/aromatic N) is 1. The molecule has 0 fully saturated rings. The summed E-state index contributed by atoms with van der Waals surface area (Å²) in [5.41, 5.74) is 0.863. The monoisotopic (exact) mass is 505 g/mol. The lowest BCUT2D eigenvalue weighted by atomic mass is 10.1. The third-order valence-corrected chi connectivity index (χ3v) is 3.89. The summed E-state index contributed by atoms with van der Waals surface area (Å²) < 4.78 is 10.7. The topological polar surface area (TPSA) is 72.0 Å². The molecule has 160 valence electrons. The van der Waals surface area contributed by atoms with Crippen molar-refractivity contribution in [3.05, 3.63) is 29.8 Å². The van der Waals surface area contributed by atoms with Gasteiger partial charge in [0.05, 0.1) is 7.11 Å². The Kier molecular flexibility index (Phi) is 13.7. The number of nitrogens with one attached hydrogen (secondary N) is 2. The maximum atomic E-state index is 11.1. The highest BCUT2D eigenvalue weighted by atomic mass is 127. The van der Waals surface area contributed by atoms with Gasteiger partial charge >= 0.3 is 5.97 Å². The molecule has 1 aromatic carbocycles. The number of hydrogen-bond donors (Lipinski definition) is 2. The minimum atomic E-state index is -0.232. The Morgan fingerprint density at radius 2 is 1.75 bits per heavy atom. The fourth-order valence-electron chi connectivity index (χ4n) is 2.54. The van der Waals surface area contributed by atoms with E-state index in [0.717, 1.165) is 49.5 Å². The van der Waals surface area contributed by atoms with Crippen molar-refractivity contribution >= 4 is 35.9 Å². The van der Waals surface area contributed by atoms with E-state index in [-0.39, 0.29) is 35.5 Å². The highest BCUT2D eigenvalue weighted by Crippen LogP contribution is 2.22. The van der Waals surface area contributed by atoms with Gasteiger partial charge in [0.2, 0.25) is 0 Å². The number of benzene rings is 1. The first-order valence-corrected chi connectivity index (χ1v) is 9.64. The summed E-state index contributed by atoms with van der Waals surface area (Å²) in [6.07, 6.45) is 4.52. The van der Waals surface area contributed by atoms with Gasteiger partial charge in [-0.05, 0) is 39.7 Å². The molecule has 0 unspecified atom stereocenters. The Balaban J connectivity index is 0.00000729. The van der Waals surface area contributed by atoms with Gasteiger partial charge in [0.25, 0.3) is 0 Å². The second kappa shape index (κ2) is 14.5. The van der Waals surface area contributed by atoms with E-state index < -0.39 is 0 Å². The van der Waals surface area contributed by atoms with E-state index in [0.29, 0.717) is 13.0 Å². The van der Waals surface area contributed by atoms with E-state index in [4.69, 9.17) is 4.74 Å². The number of guanidine groups is 1. The van der Waals surface area contributed by atoms with Crippen molar-refractivity contribution < 1.29 is 14.3 Å². The smallest absolute Gasteiger partial charge is 0.305 e. The second-order valence-electron chi connectivity index (χ2n) is 7.42. The predicted octanol–water partition coefficient (Wildman–Crippen LogP) is 4.27. The fourth-order valence-corrected chi connectivity index (χ4v) is 2.54. The molecule has 0 aliphatic rings. The third-order valence-electron chi connectivity index (χ3n) is 3.89. The summed E-state index contributed by atoms with van der Waals surface area (Å²) in [5.74, 6) is 1.53. The van der Waals surface area contributed by atoms with Crippen LogP contribution in [0.4, 0.5) is 0 Å². The number of halogens is 1. The minimum Gasteiger partial charge on any atom is -0.488 e. The molecule has 0 aliphatic heterocycles. The standard InChI is InChI=1S/C21H35N3O3.HI/c1-21(2,3)27-18-13-10-9-12-17(18)16-24-20(22-4)23-15-11-7-6-8-14-19(25)26-5;/h9-10,12-13H,6-8,11,14-16H2,1-5H3,(H2,22,23,24);1H. The van der Waals surface area contributed by atoms with Crippen LogP contribution in [0, 0.1) is 0 Å². The van der Waals surface area contributed by atoms with Crippen LogP contribution >= 0.6 is 24.0 Å². The molecule has 0 radical (unpaired) electrons. The van der Waals surface area contributed by atoms with E-state index in [1.54, 1.807) is 7.05 Å². The maximum absolute atomic E-state index is 11.1. The molecule has 0 saturated heterocycles. The number of aliphatic imine (C=N–C) groups is 1. The average molecular weight is 505 g/mol. The number of unbranched alkanes of at least 4 members (excludes halogenated alkanes) is 3. The predicted molar refractivity (Wildman–Crippen MR) is 126 cm³/mol. The summed E-state index contributed by atoms with van der Waals surface area (Å²) >= 11 is 0. The number of carbonyl (C=O) groups excluding carboxylic acids is 1. The zero-order valence-corrected chi connectivity index (χ0v) is 20.2. The van der Waals surface area contributed by atoms with Crippen molar-refractivity contribution in [3.8, 4) is 5.75 Å². The Labute approximate surface area is 186 Å². The van der Waals surface area contributed by atoms with Crippen LogP contribution in [0.25, 0.3) is 0 Å². The molecule has 0 heterocycles. The summed E-state index contributed by atoms with van der Waals surface area (Å²) in [6.45, 7) is 7.62. The molecular formula is C21H36IN3O3. The van der Waals surface area contributed by atoms with Crippen molar-refractivity contribution in [2.75, 3.05) is 20.7 Å². The van der Waals surface area contributed by atoms with Crippen LogP contribution in [0.3, 0.4) is 0 Å². The first-order valence-electron chi connectivity index (χ1n) is 9.64. The first-order chi connectivity index (χ1) is 12.9. The van der Waals surface area contributed by atoms with E-state index >= 15 is 0 Å². The molecule has 0 aliphatic carbocycles. The molecular weight excluding hydrogens is 469 g/mol. The van der Waals surface area contributed by atoms with Gasteiger partial charge in [-0.3, -0.25) is 9.79 Å². The Morgan fingerprint density at radius 3 is 2.39 bits per heavy atom. The van der Waals surface area contributed by atoms with Crippen molar-refractivity contribution in [3.63, 3.8) is 0 Å². The maximum Gasteiger partial charge on any atom is 0.305 e. The highest BCUT2D eigenvalue weighted by molar-refractivity contribution is 14.0. The van der Waals surface area contributed by atoms with Crippen LogP contribution in [-0.2, 0) is 16.1 Å². The van der Waals surface area contributed by atoms with Crippen LogP contribution in [-0.4, -0.2) is 38.2 Å². The molecule has 1 aromatic rings. The molecule has 0 bridgehead atoms. The van der Waals surface area contributed by atoms with Crippen LogP contribution in [0.2, 0.25) is 0 Å². The van der Waals surface area contributed by atoms with Crippen LogP contribution in [0.5, 0.6) is 5.75 Å². The third kappa shape index (κ3) is 12.0. The van der Waals surface area contributed by atoms with Gasteiger partial charge in [-0.1, -0.05) is 31.0 Å². The van der Waals surface area contributed by atoms with Gasteiger partial charge in [-0.15, -0.1) is 24.0 Å². The number of hydrogen-bond acceptors (Lipinski definition) is 4. The van der Waals surface area contributed by atoms with Gasteiger partial charge in [0.15, 0.2) is 5.96 Å². The first kappa shape index (κ1) is 26.5. The number of rotatable bonds is 10. The van der Waals surface area contributed by atoms with Gasteiger partial charge in [-0.25, -0.2) is 0 Å². The molecule has 7 heteroatoms. The van der Waals surface area contributed by atoms with Crippen LogP contribution < -0.4 is 15.4 Å². The summed E-state index contributed by atoms with van der Waals surface area (Å²) in [7, 11) is 3.20. The Hall–Kier alpha value is -1.51. The number of para-hydroxylation sites is 1. The molecule has 6 nitrogen and oxygen atoms in total. The Bertz CT molecular complexity index is 601. The number of methoxy groups -OCH3 is 1. The lowest BCUT2D eigenvalue weighted by Gasteiger charge is -2.23. The number of ether oxygens (including phenoxy) is 2. The van der Waals surface area contributed by atoms with Crippen molar-refractivity contribution in [1.29, 1.82) is 0 Å². The average Bonchev–Trinajstić information content (AvgIpc) is 2.63. The summed E-state index contributed by atoms with van der Waals surface area (Å²) in [6, 6.07) is 8.05. The Morgan fingerprint density at radius 1 is 1.07 bits per heavy atom. The van der Waals surface area contributed by atoms with E-state index in [1.165, 1.54) is 7.11 Å². The van der Waals surface area contributed by atoms with Gasteiger partial charge in [0.1, 0.15) is 11.4 Å². The molecule has 1 rings (SSSR count). The zero-order valence-electron chi connectivity index (χ0n) is 17.8. The highest BCUT2D eigenvalue weighted by Gasteiger charge is 2.14. The van der Waals surface area contributed by atoms with Crippen LogP contribution in [0.1, 0.15) is 58.4 Å². The van der Waals surface area contributed by atoms with Crippen LogP contribution in [0.15, 0.2) is 29.3 Å². The SMILES string of the molecule is CN=C(NCCCCCCC(=O)OC)NCc1ccccc1OC(C)(C)C.I. The number of esters is 1. The largest absolute Gasteiger partial charge is 0.488 e. The molecule has 0 amide bonds. The molecule has 2 N–H and O–H groups in total. The quantitative estimate of drug-likeness (QED) is 0.163. The number of carbonyl (C=O) groups is 1. The molecule has 28 heavy (non-hydrogen) atoms. The van der Waals surface area contributed by atoms with Gasteiger partial charge in [0, 0.05) is 32.1 Å². The van der Waals surface area contributed by atoms with Gasteiger partial charge < -0.3 is 20.1 Å². The minimum absolute atomic E-state index is 0. The molecule has 0 aromatic heterocycles.